The van der Waals surface area contributed by atoms with Gasteiger partial charge in [0.1, 0.15) is 11.5 Å². The van der Waals surface area contributed by atoms with Crippen molar-refractivity contribution in [2.75, 3.05) is 24.4 Å². The zero-order chi connectivity index (χ0) is 21.3. The predicted octanol–water partition coefficient (Wildman–Crippen LogP) is 3.64. The first-order chi connectivity index (χ1) is 14.5. The van der Waals surface area contributed by atoms with E-state index >= 15 is 0 Å². The summed E-state index contributed by atoms with van der Waals surface area (Å²) in [5, 5.41) is 2.81. The second-order valence-corrected chi connectivity index (χ2v) is 7.58. The zero-order valence-electron chi connectivity index (χ0n) is 17.0. The van der Waals surface area contributed by atoms with Crippen molar-refractivity contribution in [2.24, 2.45) is 11.8 Å². The number of carbonyl (C=O) groups is 3. The Labute approximate surface area is 175 Å². The highest BCUT2D eigenvalue weighted by molar-refractivity contribution is 6.22. The van der Waals surface area contributed by atoms with Gasteiger partial charge >= 0.3 is 0 Å². The third kappa shape index (κ3) is 3.51. The van der Waals surface area contributed by atoms with Crippen molar-refractivity contribution in [3.63, 3.8) is 0 Å². The number of nitrogens with zero attached hydrogens (tertiary/aromatic N) is 1. The molecule has 2 aromatic carbocycles. The average molecular weight is 408 g/mol. The number of fused-ring (bicyclic) bond motifs is 1. The Morgan fingerprint density at radius 1 is 0.933 bits per heavy atom. The van der Waals surface area contributed by atoms with E-state index in [1.807, 2.05) is 0 Å². The lowest BCUT2D eigenvalue weighted by molar-refractivity contribution is -0.122. The summed E-state index contributed by atoms with van der Waals surface area (Å²) in [6.45, 7) is 0. The number of anilines is 2. The molecule has 7 heteroatoms. The SMILES string of the molecule is COc1ccc(NC(=O)c2ccc(N3C(=O)[C@H]4CCCC[C@H]4C3=O)cc2)c(OC)c1. The van der Waals surface area contributed by atoms with Gasteiger partial charge in [0.2, 0.25) is 11.8 Å². The molecule has 1 heterocycles. The lowest BCUT2D eigenvalue weighted by Gasteiger charge is -2.19. The quantitative estimate of drug-likeness (QED) is 0.764. The number of hydrogen-bond acceptors (Lipinski definition) is 5. The Hall–Kier alpha value is -3.35. The van der Waals surface area contributed by atoms with Gasteiger partial charge in [-0.1, -0.05) is 12.8 Å². The lowest BCUT2D eigenvalue weighted by Crippen LogP contribution is -2.30. The molecule has 0 spiro atoms. The van der Waals surface area contributed by atoms with Gasteiger partial charge in [-0.2, -0.15) is 0 Å². The van der Waals surface area contributed by atoms with Crippen LogP contribution in [0.5, 0.6) is 11.5 Å². The molecule has 1 aliphatic heterocycles. The third-order valence-corrected chi connectivity index (χ3v) is 5.89. The van der Waals surface area contributed by atoms with Crippen molar-refractivity contribution in [1.82, 2.24) is 0 Å². The predicted molar refractivity (Wildman–Crippen MR) is 112 cm³/mol. The van der Waals surface area contributed by atoms with E-state index in [9.17, 15) is 14.4 Å². The van der Waals surface area contributed by atoms with Crippen LogP contribution in [0, 0.1) is 11.8 Å². The molecule has 2 aromatic rings. The molecule has 30 heavy (non-hydrogen) atoms. The minimum Gasteiger partial charge on any atom is -0.497 e. The number of hydrogen-bond donors (Lipinski definition) is 1. The van der Waals surface area contributed by atoms with Crippen molar-refractivity contribution >= 4 is 29.1 Å². The van der Waals surface area contributed by atoms with Crippen LogP contribution >= 0.6 is 0 Å². The zero-order valence-corrected chi connectivity index (χ0v) is 17.0. The van der Waals surface area contributed by atoms with Crippen molar-refractivity contribution in [3.8, 4) is 11.5 Å². The monoisotopic (exact) mass is 408 g/mol. The topological polar surface area (TPSA) is 84.9 Å². The van der Waals surface area contributed by atoms with Gasteiger partial charge in [-0.25, -0.2) is 0 Å². The highest BCUT2D eigenvalue weighted by atomic mass is 16.5. The molecule has 1 N–H and O–H groups in total. The van der Waals surface area contributed by atoms with Gasteiger partial charge in [-0.15, -0.1) is 0 Å². The summed E-state index contributed by atoms with van der Waals surface area (Å²) < 4.78 is 10.5. The van der Waals surface area contributed by atoms with Gasteiger partial charge in [0.15, 0.2) is 0 Å². The summed E-state index contributed by atoms with van der Waals surface area (Å²) in [5.74, 6) is 0.144. The number of ether oxygens (including phenoxy) is 2. The Balaban J connectivity index is 1.51. The first-order valence-electron chi connectivity index (χ1n) is 10.0. The molecule has 1 aliphatic carbocycles. The van der Waals surface area contributed by atoms with Crippen LogP contribution in [0.2, 0.25) is 0 Å². The molecule has 7 nitrogen and oxygen atoms in total. The first-order valence-corrected chi connectivity index (χ1v) is 10.0. The molecule has 4 rings (SSSR count). The lowest BCUT2D eigenvalue weighted by atomic mass is 9.81. The number of methoxy groups -OCH3 is 2. The van der Waals surface area contributed by atoms with E-state index in [2.05, 4.69) is 5.32 Å². The maximum Gasteiger partial charge on any atom is 0.255 e. The summed E-state index contributed by atoms with van der Waals surface area (Å²) in [6.07, 6.45) is 3.52. The molecule has 0 unspecified atom stereocenters. The molecule has 0 bridgehead atoms. The van der Waals surface area contributed by atoms with Crippen molar-refractivity contribution in [2.45, 2.75) is 25.7 Å². The molecule has 156 valence electrons. The van der Waals surface area contributed by atoms with Crippen molar-refractivity contribution in [1.29, 1.82) is 0 Å². The smallest absolute Gasteiger partial charge is 0.255 e. The van der Waals surface area contributed by atoms with E-state index in [-0.39, 0.29) is 29.6 Å². The number of imide groups is 1. The van der Waals surface area contributed by atoms with Crippen molar-refractivity contribution in [3.05, 3.63) is 48.0 Å². The van der Waals surface area contributed by atoms with Gasteiger partial charge in [-0.3, -0.25) is 19.3 Å². The summed E-state index contributed by atoms with van der Waals surface area (Å²) in [5.41, 5.74) is 1.44. The third-order valence-electron chi connectivity index (χ3n) is 5.89. The van der Waals surface area contributed by atoms with Crippen LogP contribution in [0.25, 0.3) is 0 Å². The summed E-state index contributed by atoms with van der Waals surface area (Å²) in [6, 6.07) is 11.6. The Kier molecular flexibility index (Phi) is 5.44. The first kappa shape index (κ1) is 19.9. The number of amides is 3. The summed E-state index contributed by atoms with van der Waals surface area (Å²) >= 11 is 0. The van der Waals surface area contributed by atoms with Crippen LogP contribution in [-0.2, 0) is 9.59 Å². The molecule has 2 aliphatic rings. The number of rotatable bonds is 5. The summed E-state index contributed by atoms with van der Waals surface area (Å²) in [7, 11) is 3.07. The average Bonchev–Trinajstić information content (AvgIpc) is 3.04. The molecule has 1 saturated heterocycles. The molecule has 2 atom stereocenters. The second kappa shape index (κ2) is 8.18. The molecule has 0 aromatic heterocycles. The fraction of sp³-hybridized carbons (Fsp3) is 0.348. The maximum atomic E-state index is 12.7. The normalized spacial score (nSPS) is 20.7. The van der Waals surface area contributed by atoms with Crippen LogP contribution in [-0.4, -0.2) is 31.9 Å². The molecule has 0 radical (unpaired) electrons. The minimum absolute atomic E-state index is 0.120. The van der Waals surface area contributed by atoms with Crippen LogP contribution in [0.15, 0.2) is 42.5 Å². The maximum absolute atomic E-state index is 12.7. The van der Waals surface area contributed by atoms with Crippen LogP contribution in [0.3, 0.4) is 0 Å². The van der Waals surface area contributed by atoms with Gasteiger partial charge in [-0.05, 0) is 49.2 Å². The van der Waals surface area contributed by atoms with Gasteiger partial charge in [0, 0.05) is 11.6 Å². The molecule has 1 saturated carbocycles. The van der Waals surface area contributed by atoms with E-state index in [0.29, 0.717) is 28.4 Å². The van der Waals surface area contributed by atoms with Crippen molar-refractivity contribution < 1.29 is 23.9 Å². The standard InChI is InChI=1S/C23H24N2O5/c1-29-16-11-12-19(20(13-16)30-2)24-21(26)14-7-9-15(10-8-14)25-22(27)17-5-3-4-6-18(17)23(25)28/h7-13,17-18H,3-6H2,1-2H3,(H,24,26)/t17-,18+. The highest BCUT2D eigenvalue weighted by Crippen LogP contribution is 2.40. The fourth-order valence-electron chi connectivity index (χ4n) is 4.27. The molecule has 2 fully saturated rings. The van der Waals surface area contributed by atoms with Crippen LogP contribution in [0.1, 0.15) is 36.0 Å². The number of benzene rings is 2. The van der Waals surface area contributed by atoms with E-state index in [0.717, 1.165) is 25.7 Å². The Morgan fingerprint density at radius 3 is 2.13 bits per heavy atom. The van der Waals surface area contributed by atoms with Crippen LogP contribution in [0.4, 0.5) is 11.4 Å². The van der Waals surface area contributed by atoms with E-state index < -0.39 is 0 Å². The van der Waals surface area contributed by atoms with Gasteiger partial charge in [0.05, 0.1) is 37.4 Å². The molecular formula is C23H24N2O5. The molecule has 3 amide bonds. The fourth-order valence-corrected chi connectivity index (χ4v) is 4.27. The molecular weight excluding hydrogens is 384 g/mol. The number of nitrogens with one attached hydrogen (secondary N) is 1. The van der Waals surface area contributed by atoms with Crippen LogP contribution < -0.4 is 19.7 Å². The van der Waals surface area contributed by atoms with Gasteiger partial charge < -0.3 is 14.8 Å². The number of carbonyl (C=O) groups excluding carboxylic acids is 3. The largest absolute Gasteiger partial charge is 0.497 e. The van der Waals surface area contributed by atoms with E-state index in [1.54, 1.807) is 49.6 Å². The van der Waals surface area contributed by atoms with E-state index in [4.69, 9.17) is 9.47 Å². The minimum atomic E-state index is -0.322. The van der Waals surface area contributed by atoms with E-state index in [1.165, 1.54) is 12.0 Å². The Bertz CT molecular complexity index is 962. The second-order valence-electron chi connectivity index (χ2n) is 7.58. The summed E-state index contributed by atoms with van der Waals surface area (Å²) in [4.78, 5) is 39.4. The van der Waals surface area contributed by atoms with Gasteiger partial charge in [0.25, 0.3) is 5.91 Å². The Morgan fingerprint density at radius 2 is 1.57 bits per heavy atom. The highest BCUT2D eigenvalue weighted by Gasteiger charge is 2.48.